The van der Waals surface area contributed by atoms with E-state index in [0.717, 1.165) is 17.0 Å². The van der Waals surface area contributed by atoms with Crippen molar-refractivity contribution in [2.24, 2.45) is 4.99 Å². The molecule has 0 saturated heterocycles. The molecule has 0 amide bonds. The van der Waals surface area contributed by atoms with Crippen LogP contribution in [-0.4, -0.2) is 42.8 Å². The molecule has 9 heteroatoms. The molecule has 0 bridgehead atoms. The van der Waals surface area contributed by atoms with Crippen LogP contribution in [0.1, 0.15) is 12.5 Å². The van der Waals surface area contributed by atoms with Crippen molar-refractivity contribution in [1.29, 1.82) is 0 Å². The van der Waals surface area contributed by atoms with Crippen LogP contribution < -0.4 is 9.64 Å². The summed E-state index contributed by atoms with van der Waals surface area (Å²) in [5, 5.41) is 9.80. The molecule has 0 atom stereocenters. The van der Waals surface area contributed by atoms with Gasteiger partial charge in [0.1, 0.15) is 11.5 Å². The van der Waals surface area contributed by atoms with Gasteiger partial charge in [-0.05, 0) is 68.6 Å². The Morgan fingerprint density at radius 2 is 1.71 bits per heavy atom. The van der Waals surface area contributed by atoms with Gasteiger partial charge in [-0.2, -0.15) is 0 Å². The zero-order valence-electron chi connectivity index (χ0n) is 15.2. The van der Waals surface area contributed by atoms with Crippen LogP contribution in [0.15, 0.2) is 44.3 Å². The second-order valence-corrected chi connectivity index (χ2v) is 8.01. The number of nitrogens with zero attached hydrogens (tertiary/aromatic N) is 2. The summed E-state index contributed by atoms with van der Waals surface area (Å²) < 4.78 is 6.97. The lowest BCUT2D eigenvalue weighted by Crippen LogP contribution is -2.28. The topological polar surface area (TPSA) is 45.1 Å². The van der Waals surface area contributed by atoms with Crippen LogP contribution in [0.3, 0.4) is 0 Å². The van der Waals surface area contributed by atoms with E-state index in [1.54, 1.807) is 18.3 Å². The average molecular weight is 576 g/mol. The average Bonchev–Trinajstić information content (AvgIpc) is 2.64. The number of alkyl halides is 2. The molecule has 0 unspecified atom stereocenters. The third-order valence-electron chi connectivity index (χ3n) is 3.70. The van der Waals surface area contributed by atoms with E-state index in [1.165, 1.54) is 0 Å². The number of ether oxygens (including phenoxy) is 1. The molecule has 0 aliphatic heterocycles. The third-order valence-corrected chi connectivity index (χ3v) is 5.24. The maximum absolute atomic E-state index is 9.80. The van der Waals surface area contributed by atoms with Gasteiger partial charge in [0.25, 0.3) is 0 Å². The van der Waals surface area contributed by atoms with Gasteiger partial charge in [-0.15, -0.1) is 35.6 Å². The van der Waals surface area contributed by atoms with Crippen LogP contribution >= 0.6 is 67.5 Å². The van der Waals surface area contributed by atoms with Gasteiger partial charge in [0, 0.05) is 31.1 Å². The lowest BCUT2D eigenvalue weighted by molar-refractivity contribution is 0.340. The van der Waals surface area contributed by atoms with Gasteiger partial charge in [0.2, 0.25) is 0 Å². The van der Waals surface area contributed by atoms with Crippen molar-refractivity contribution in [3.05, 3.63) is 44.8 Å². The lowest BCUT2D eigenvalue weighted by atomic mass is 10.2. The number of aromatic hydroxyl groups is 1. The quantitative estimate of drug-likeness (QED) is 0.265. The van der Waals surface area contributed by atoms with E-state index in [-0.39, 0.29) is 18.2 Å². The van der Waals surface area contributed by atoms with Crippen molar-refractivity contribution in [3.8, 4) is 11.5 Å². The number of halogens is 5. The van der Waals surface area contributed by atoms with Crippen molar-refractivity contribution in [2.75, 3.05) is 36.4 Å². The second-order valence-electron chi connectivity index (χ2n) is 5.54. The number of phenols is 1. The number of anilines is 1. The Balaban J connectivity index is 0.00000392. The first-order valence-electron chi connectivity index (χ1n) is 8.36. The molecule has 2 aromatic rings. The van der Waals surface area contributed by atoms with Crippen LogP contribution in [0.5, 0.6) is 11.5 Å². The highest BCUT2D eigenvalue weighted by molar-refractivity contribution is 9.11. The van der Waals surface area contributed by atoms with Gasteiger partial charge in [-0.25, -0.2) is 0 Å². The highest BCUT2D eigenvalue weighted by Crippen LogP contribution is 2.36. The van der Waals surface area contributed by atoms with E-state index in [0.29, 0.717) is 46.1 Å². The van der Waals surface area contributed by atoms with Crippen molar-refractivity contribution in [2.45, 2.75) is 6.92 Å². The fourth-order valence-electron chi connectivity index (χ4n) is 2.48. The fraction of sp³-hybridized carbons (Fsp3) is 0.316. The van der Waals surface area contributed by atoms with Crippen molar-refractivity contribution < 1.29 is 9.84 Å². The molecule has 0 aliphatic rings. The first kappa shape index (κ1) is 25.4. The molecular formula is C19H21Br2Cl3N2O2. The number of aliphatic imine (C=N–C) groups is 1. The molecule has 0 saturated carbocycles. The number of hydrogen-bond acceptors (Lipinski definition) is 4. The second kappa shape index (κ2) is 12.8. The van der Waals surface area contributed by atoms with E-state index < -0.39 is 0 Å². The first-order chi connectivity index (χ1) is 13.0. The van der Waals surface area contributed by atoms with Gasteiger partial charge < -0.3 is 14.7 Å². The minimum atomic E-state index is 0. The maximum Gasteiger partial charge on any atom is 0.144 e. The normalized spacial score (nSPS) is 10.8. The Kier molecular flexibility index (Phi) is 11.6. The van der Waals surface area contributed by atoms with Gasteiger partial charge in [0.05, 0.1) is 26.9 Å². The minimum absolute atomic E-state index is 0. The van der Waals surface area contributed by atoms with Gasteiger partial charge in [-0.1, -0.05) is 6.07 Å². The molecular weight excluding hydrogens is 554 g/mol. The lowest BCUT2D eigenvalue weighted by Gasteiger charge is -2.25. The zero-order valence-corrected chi connectivity index (χ0v) is 20.7. The molecule has 2 aromatic carbocycles. The molecule has 154 valence electrons. The van der Waals surface area contributed by atoms with Crippen LogP contribution in [0, 0.1) is 0 Å². The van der Waals surface area contributed by atoms with Gasteiger partial charge >= 0.3 is 0 Å². The molecule has 0 fully saturated rings. The molecule has 0 aromatic heterocycles. The molecule has 2 rings (SSSR count). The van der Waals surface area contributed by atoms with Crippen LogP contribution in [0.2, 0.25) is 0 Å². The Labute approximate surface area is 198 Å². The predicted octanol–water partition coefficient (Wildman–Crippen LogP) is 6.77. The van der Waals surface area contributed by atoms with E-state index in [4.69, 9.17) is 27.9 Å². The Bertz CT molecular complexity index is 778. The Hall–Kier alpha value is -0.660. The van der Waals surface area contributed by atoms with Crippen molar-refractivity contribution in [3.63, 3.8) is 0 Å². The van der Waals surface area contributed by atoms with E-state index in [1.807, 2.05) is 25.1 Å². The Morgan fingerprint density at radius 1 is 1.11 bits per heavy atom. The highest BCUT2D eigenvalue weighted by atomic mass is 79.9. The van der Waals surface area contributed by atoms with Gasteiger partial charge in [-0.3, -0.25) is 4.99 Å². The number of phenolic OH excluding ortho intramolecular Hbond substituents is 1. The van der Waals surface area contributed by atoms with Gasteiger partial charge in [0.15, 0.2) is 0 Å². The first-order valence-corrected chi connectivity index (χ1v) is 11.0. The predicted molar refractivity (Wildman–Crippen MR) is 129 cm³/mol. The molecule has 28 heavy (non-hydrogen) atoms. The number of benzene rings is 2. The SMILES string of the molecule is CCOc1cc(C=Nc2cc(Br)c(O)c(Br)c2)ccc1N(CCCl)CCCl.Cl. The number of rotatable bonds is 9. The number of hydrogen-bond donors (Lipinski definition) is 1. The summed E-state index contributed by atoms with van der Waals surface area (Å²) >= 11 is 18.5. The monoisotopic (exact) mass is 572 g/mol. The van der Waals surface area contributed by atoms with Crippen LogP contribution in [0.25, 0.3) is 0 Å². The van der Waals surface area contributed by atoms with Crippen LogP contribution in [-0.2, 0) is 0 Å². The van der Waals surface area contributed by atoms with E-state index in [2.05, 4.69) is 41.8 Å². The highest BCUT2D eigenvalue weighted by Gasteiger charge is 2.12. The van der Waals surface area contributed by atoms with Crippen molar-refractivity contribution >= 4 is 85.1 Å². The summed E-state index contributed by atoms with van der Waals surface area (Å²) in [6.07, 6.45) is 1.75. The summed E-state index contributed by atoms with van der Waals surface area (Å²) in [6, 6.07) is 9.41. The zero-order chi connectivity index (χ0) is 19.8. The summed E-state index contributed by atoms with van der Waals surface area (Å²) in [4.78, 5) is 6.59. The summed E-state index contributed by atoms with van der Waals surface area (Å²) in [5.74, 6) is 1.94. The summed E-state index contributed by atoms with van der Waals surface area (Å²) in [6.45, 7) is 3.89. The molecule has 4 nitrogen and oxygen atoms in total. The third kappa shape index (κ3) is 6.99. The van der Waals surface area contributed by atoms with Crippen molar-refractivity contribution in [1.82, 2.24) is 0 Å². The minimum Gasteiger partial charge on any atom is -0.506 e. The van der Waals surface area contributed by atoms with E-state index in [9.17, 15) is 5.11 Å². The molecule has 0 heterocycles. The molecule has 0 radical (unpaired) electrons. The standard InChI is InChI=1S/C19H20Br2Cl2N2O2.ClH/c1-2-27-18-9-13(3-4-17(18)25(7-5-22)8-6-23)12-24-14-10-15(20)19(26)16(21)11-14;/h3-4,9-12,26H,2,5-8H2,1H3;1H. The summed E-state index contributed by atoms with van der Waals surface area (Å²) in [7, 11) is 0. The van der Waals surface area contributed by atoms with Crippen LogP contribution in [0.4, 0.5) is 11.4 Å². The smallest absolute Gasteiger partial charge is 0.144 e. The molecule has 0 aliphatic carbocycles. The largest absolute Gasteiger partial charge is 0.506 e. The Morgan fingerprint density at radius 3 is 2.25 bits per heavy atom. The summed E-state index contributed by atoms with van der Waals surface area (Å²) in [5.41, 5.74) is 2.57. The maximum atomic E-state index is 9.80. The fourth-order valence-corrected chi connectivity index (χ4v) is 4.05. The molecule has 1 N–H and O–H groups in total. The van der Waals surface area contributed by atoms with E-state index >= 15 is 0 Å². The molecule has 0 spiro atoms.